The fourth-order valence-electron chi connectivity index (χ4n) is 1.40. The highest BCUT2D eigenvalue weighted by Crippen LogP contribution is 2.33. The van der Waals surface area contributed by atoms with Gasteiger partial charge >= 0.3 is 5.97 Å². The Hall–Kier alpha value is -2.37. The van der Waals surface area contributed by atoms with Crippen LogP contribution in [0, 0.1) is 12.7 Å². The summed E-state index contributed by atoms with van der Waals surface area (Å²) < 4.78 is 18.5. The summed E-state index contributed by atoms with van der Waals surface area (Å²) in [5.74, 6) is -2.41. The lowest BCUT2D eigenvalue weighted by atomic mass is 10.1. The number of aryl methyl sites for hydroxylation is 1. The third-order valence-electron chi connectivity index (χ3n) is 2.29. The minimum absolute atomic E-state index is 0.124. The van der Waals surface area contributed by atoms with Crippen molar-refractivity contribution in [2.75, 3.05) is 0 Å². The van der Waals surface area contributed by atoms with E-state index in [1.165, 1.54) is 19.1 Å². The van der Waals surface area contributed by atoms with Gasteiger partial charge in [-0.15, -0.1) is 0 Å². The lowest BCUT2D eigenvalue weighted by Gasteiger charge is -2.04. The summed E-state index contributed by atoms with van der Waals surface area (Å²) in [6, 6.07) is 3.76. The van der Waals surface area contributed by atoms with Crippen LogP contribution in [0.25, 0.3) is 11.3 Å². The van der Waals surface area contributed by atoms with E-state index in [0.717, 1.165) is 6.07 Å². The van der Waals surface area contributed by atoms with Crippen LogP contribution in [0.5, 0.6) is 5.75 Å². The third kappa shape index (κ3) is 1.84. The maximum absolute atomic E-state index is 13.8. The summed E-state index contributed by atoms with van der Waals surface area (Å²) in [6.45, 7) is 1.52. The molecule has 2 aromatic rings. The molecule has 0 aliphatic carbocycles. The molecular weight excluding hydrogens is 229 g/mol. The summed E-state index contributed by atoms with van der Waals surface area (Å²) in [5.41, 5.74) is -0.226. The Morgan fingerprint density at radius 3 is 2.76 bits per heavy atom. The standard InChI is InChI=1S/C11H8FNO4/c1-5-2-3-7(14)9(10(5)12)8-4-6(11(15)16)13-17-8/h2-4,14H,1H3,(H,15,16). The molecule has 0 aliphatic rings. The van der Waals surface area contributed by atoms with Crippen molar-refractivity contribution < 1.29 is 23.9 Å². The second kappa shape index (κ2) is 3.89. The summed E-state index contributed by atoms with van der Waals surface area (Å²) in [7, 11) is 0. The molecule has 0 atom stereocenters. The van der Waals surface area contributed by atoms with Crippen LogP contribution in [0.3, 0.4) is 0 Å². The van der Waals surface area contributed by atoms with E-state index in [-0.39, 0.29) is 22.8 Å². The van der Waals surface area contributed by atoms with Crippen molar-refractivity contribution in [1.82, 2.24) is 5.16 Å². The Morgan fingerprint density at radius 1 is 1.47 bits per heavy atom. The second-order valence-corrected chi connectivity index (χ2v) is 3.47. The Kier molecular flexibility index (Phi) is 2.55. The van der Waals surface area contributed by atoms with Crippen molar-refractivity contribution in [2.24, 2.45) is 0 Å². The molecule has 0 radical (unpaired) electrons. The van der Waals surface area contributed by atoms with Crippen molar-refractivity contribution in [3.8, 4) is 17.1 Å². The molecular formula is C11H8FNO4. The molecule has 5 nitrogen and oxygen atoms in total. The van der Waals surface area contributed by atoms with Gasteiger partial charge < -0.3 is 14.7 Å². The van der Waals surface area contributed by atoms with E-state index < -0.39 is 11.8 Å². The van der Waals surface area contributed by atoms with Gasteiger partial charge in [-0.2, -0.15) is 0 Å². The first kappa shape index (κ1) is 11.1. The van der Waals surface area contributed by atoms with Gasteiger partial charge in [-0.3, -0.25) is 0 Å². The van der Waals surface area contributed by atoms with Gasteiger partial charge in [-0.05, 0) is 18.6 Å². The molecule has 0 spiro atoms. The lowest BCUT2D eigenvalue weighted by molar-refractivity contribution is 0.0686. The molecule has 2 N–H and O–H groups in total. The van der Waals surface area contributed by atoms with Gasteiger partial charge in [0.25, 0.3) is 0 Å². The highest BCUT2D eigenvalue weighted by atomic mass is 19.1. The van der Waals surface area contributed by atoms with E-state index in [1.807, 2.05) is 0 Å². The van der Waals surface area contributed by atoms with Crippen LogP contribution < -0.4 is 0 Å². The quantitative estimate of drug-likeness (QED) is 0.836. The molecule has 1 aromatic carbocycles. The molecule has 0 bridgehead atoms. The van der Waals surface area contributed by atoms with Crippen molar-refractivity contribution in [3.05, 3.63) is 35.3 Å². The topological polar surface area (TPSA) is 83.6 Å². The number of aromatic nitrogens is 1. The van der Waals surface area contributed by atoms with Crippen LogP contribution in [-0.2, 0) is 0 Å². The van der Waals surface area contributed by atoms with Gasteiger partial charge in [0.15, 0.2) is 11.5 Å². The van der Waals surface area contributed by atoms with Crippen LogP contribution in [0.15, 0.2) is 22.7 Å². The Balaban J connectivity index is 2.60. The lowest BCUT2D eigenvalue weighted by Crippen LogP contribution is -1.94. The molecule has 1 aromatic heterocycles. The fraction of sp³-hybridized carbons (Fsp3) is 0.0909. The number of halogens is 1. The van der Waals surface area contributed by atoms with E-state index in [4.69, 9.17) is 9.63 Å². The maximum Gasteiger partial charge on any atom is 0.358 e. The van der Waals surface area contributed by atoms with Crippen LogP contribution in [0.2, 0.25) is 0 Å². The number of phenols is 1. The number of carboxylic acids is 1. The number of nitrogens with zero attached hydrogens (tertiary/aromatic N) is 1. The van der Waals surface area contributed by atoms with Gasteiger partial charge in [0.1, 0.15) is 11.6 Å². The number of carbonyl (C=O) groups is 1. The number of hydrogen-bond donors (Lipinski definition) is 2. The smallest absolute Gasteiger partial charge is 0.358 e. The molecule has 0 fully saturated rings. The van der Waals surface area contributed by atoms with E-state index in [1.54, 1.807) is 0 Å². The van der Waals surface area contributed by atoms with Crippen LogP contribution in [0.4, 0.5) is 4.39 Å². The molecule has 0 unspecified atom stereocenters. The van der Waals surface area contributed by atoms with Crippen LogP contribution >= 0.6 is 0 Å². The predicted molar refractivity (Wildman–Crippen MR) is 55.3 cm³/mol. The van der Waals surface area contributed by atoms with Gasteiger partial charge in [-0.25, -0.2) is 9.18 Å². The average Bonchev–Trinajstić information content (AvgIpc) is 2.73. The molecule has 88 valence electrons. The number of carboxylic acid groups (broad SMARTS) is 1. The number of aromatic carboxylic acids is 1. The maximum atomic E-state index is 13.8. The largest absolute Gasteiger partial charge is 0.507 e. The Labute approximate surface area is 95.1 Å². The van der Waals surface area contributed by atoms with E-state index >= 15 is 0 Å². The predicted octanol–water partition coefficient (Wildman–Crippen LogP) is 2.19. The first-order valence-electron chi connectivity index (χ1n) is 4.69. The molecule has 0 amide bonds. The minimum Gasteiger partial charge on any atom is -0.507 e. The summed E-state index contributed by atoms with van der Waals surface area (Å²) >= 11 is 0. The van der Waals surface area contributed by atoms with Crippen molar-refractivity contribution >= 4 is 5.97 Å². The molecule has 17 heavy (non-hydrogen) atoms. The molecule has 0 saturated carbocycles. The summed E-state index contributed by atoms with van der Waals surface area (Å²) in [4.78, 5) is 10.6. The molecule has 2 rings (SSSR count). The number of phenolic OH excluding ortho intramolecular Hbond substituents is 1. The number of benzene rings is 1. The van der Waals surface area contributed by atoms with E-state index in [0.29, 0.717) is 5.56 Å². The van der Waals surface area contributed by atoms with Crippen LogP contribution in [0.1, 0.15) is 16.1 Å². The Morgan fingerprint density at radius 2 is 2.18 bits per heavy atom. The first-order valence-corrected chi connectivity index (χ1v) is 4.69. The van der Waals surface area contributed by atoms with Gasteiger partial charge in [0.2, 0.25) is 0 Å². The number of hydrogen-bond acceptors (Lipinski definition) is 4. The monoisotopic (exact) mass is 237 g/mol. The average molecular weight is 237 g/mol. The molecule has 1 heterocycles. The zero-order valence-electron chi connectivity index (χ0n) is 8.77. The van der Waals surface area contributed by atoms with Crippen molar-refractivity contribution in [2.45, 2.75) is 6.92 Å². The van der Waals surface area contributed by atoms with E-state index in [2.05, 4.69) is 5.16 Å². The SMILES string of the molecule is Cc1ccc(O)c(-c2cc(C(=O)O)no2)c1F. The highest BCUT2D eigenvalue weighted by molar-refractivity contribution is 5.86. The highest BCUT2D eigenvalue weighted by Gasteiger charge is 2.19. The van der Waals surface area contributed by atoms with Crippen molar-refractivity contribution in [3.63, 3.8) is 0 Å². The fourth-order valence-corrected chi connectivity index (χ4v) is 1.40. The second-order valence-electron chi connectivity index (χ2n) is 3.47. The molecule has 0 aliphatic heterocycles. The Bertz CT molecular complexity index is 591. The van der Waals surface area contributed by atoms with Gasteiger partial charge in [0.05, 0.1) is 5.56 Å². The normalized spacial score (nSPS) is 10.5. The number of aromatic hydroxyl groups is 1. The van der Waals surface area contributed by atoms with E-state index in [9.17, 15) is 14.3 Å². The van der Waals surface area contributed by atoms with Gasteiger partial charge in [0, 0.05) is 6.07 Å². The van der Waals surface area contributed by atoms with Crippen LogP contribution in [-0.4, -0.2) is 21.3 Å². The molecule has 0 saturated heterocycles. The number of rotatable bonds is 2. The minimum atomic E-state index is -1.28. The summed E-state index contributed by atoms with van der Waals surface area (Å²) in [5, 5.41) is 21.5. The zero-order chi connectivity index (χ0) is 12.6. The van der Waals surface area contributed by atoms with Gasteiger partial charge in [-0.1, -0.05) is 11.2 Å². The zero-order valence-corrected chi connectivity index (χ0v) is 8.77. The third-order valence-corrected chi connectivity index (χ3v) is 2.29. The summed E-state index contributed by atoms with van der Waals surface area (Å²) in [6.07, 6.45) is 0. The first-order chi connectivity index (χ1) is 8.00. The molecule has 6 heteroatoms. The van der Waals surface area contributed by atoms with Crippen molar-refractivity contribution in [1.29, 1.82) is 0 Å².